The first-order valence-corrected chi connectivity index (χ1v) is 10.4. The van der Waals surface area contributed by atoms with Crippen LogP contribution in [0.25, 0.3) is 10.9 Å². The molecule has 0 spiro atoms. The molecule has 5 nitrogen and oxygen atoms in total. The second-order valence-corrected chi connectivity index (χ2v) is 8.60. The maximum absolute atomic E-state index is 13.0. The summed E-state index contributed by atoms with van der Waals surface area (Å²) < 4.78 is 27.5. The van der Waals surface area contributed by atoms with Gasteiger partial charge in [-0.15, -0.1) is 12.4 Å². The minimum absolute atomic E-state index is 0. The molecule has 3 aromatic rings. The van der Waals surface area contributed by atoms with Crippen LogP contribution in [0.3, 0.4) is 0 Å². The van der Waals surface area contributed by atoms with Gasteiger partial charge in [-0.05, 0) is 50.3 Å². The van der Waals surface area contributed by atoms with E-state index in [-0.39, 0.29) is 12.4 Å². The molecular weight excluding hydrogens is 382 g/mol. The number of hydrogen-bond donors (Lipinski definition) is 0. The third-order valence-corrected chi connectivity index (χ3v) is 6.74. The molecule has 0 aliphatic carbocycles. The van der Waals surface area contributed by atoms with Crippen molar-refractivity contribution in [2.45, 2.75) is 11.3 Å². The van der Waals surface area contributed by atoms with Crippen molar-refractivity contribution in [2.24, 2.45) is 0 Å². The zero-order chi connectivity index (χ0) is 18.1. The van der Waals surface area contributed by atoms with Gasteiger partial charge in [-0.2, -0.15) is 0 Å². The monoisotopic (exact) mass is 405 g/mol. The van der Waals surface area contributed by atoms with Crippen molar-refractivity contribution in [3.63, 3.8) is 0 Å². The van der Waals surface area contributed by atoms with Crippen LogP contribution in [-0.2, 0) is 10.0 Å². The van der Waals surface area contributed by atoms with Gasteiger partial charge in [0.25, 0.3) is 10.0 Å². The number of benzene rings is 2. The molecule has 27 heavy (non-hydrogen) atoms. The number of likely N-dealkylation sites (N-methyl/N-ethyl adjacent to an activating group) is 1. The Morgan fingerprint density at radius 3 is 2.41 bits per heavy atom. The second kappa shape index (κ2) is 7.92. The third kappa shape index (κ3) is 3.70. The number of halogens is 1. The van der Waals surface area contributed by atoms with Gasteiger partial charge in [0.05, 0.1) is 10.4 Å². The van der Waals surface area contributed by atoms with Crippen LogP contribution in [0.5, 0.6) is 0 Å². The van der Waals surface area contributed by atoms with Crippen LogP contribution < -0.4 is 4.90 Å². The van der Waals surface area contributed by atoms with Gasteiger partial charge in [0.2, 0.25) is 0 Å². The van der Waals surface area contributed by atoms with Crippen molar-refractivity contribution in [3.05, 3.63) is 60.8 Å². The molecule has 1 aliphatic heterocycles. The minimum atomic E-state index is -3.60. The summed E-state index contributed by atoms with van der Waals surface area (Å²) in [5, 5.41) is 0.983. The van der Waals surface area contributed by atoms with E-state index in [0.717, 1.165) is 49.2 Å². The van der Waals surface area contributed by atoms with Crippen LogP contribution in [0.2, 0.25) is 0 Å². The molecule has 0 saturated carbocycles. The van der Waals surface area contributed by atoms with Gasteiger partial charge in [0.1, 0.15) is 0 Å². The van der Waals surface area contributed by atoms with Gasteiger partial charge in [-0.3, -0.25) is 0 Å². The number of fused-ring (bicyclic) bond motifs is 1. The normalized spacial score (nSPS) is 16.1. The number of nitrogens with zero attached hydrogens (tertiary/aromatic N) is 3. The highest BCUT2D eigenvalue weighted by atomic mass is 35.5. The summed E-state index contributed by atoms with van der Waals surface area (Å²) in [5.74, 6) is 0. The summed E-state index contributed by atoms with van der Waals surface area (Å²) in [4.78, 5) is 5.01. The molecule has 1 fully saturated rings. The lowest BCUT2D eigenvalue weighted by Gasteiger charge is -2.23. The molecule has 0 N–H and O–H groups in total. The lowest BCUT2D eigenvalue weighted by Crippen LogP contribution is -2.28. The minimum Gasteiger partial charge on any atom is -0.370 e. The molecule has 1 aliphatic rings. The fourth-order valence-electron chi connectivity index (χ4n) is 3.61. The van der Waals surface area contributed by atoms with Gasteiger partial charge in [0, 0.05) is 36.9 Å². The molecule has 4 rings (SSSR count). The molecule has 144 valence electrons. The Morgan fingerprint density at radius 1 is 0.852 bits per heavy atom. The molecule has 0 amide bonds. The molecule has 1 saturated heterocycles. The van der Waals surface area contributed by atoms with Gasteiger partial charge < -0.3 is 9.80 Å². The maximum atomic E-state index is 13.0. The van der Waals surface area contributed by atoms with Crippen molar-refractivity contribution in [1.29, 1.82) is 0 Å². The Bertz CT molecular complexity index is 1020. The fourth-order valence-corrected chi connectivity index (χ4v) is 4.97. The van der Waals surface area contributed by atoms with Crippen molar-refractivity contribution >= 4 is 39.0 Å². The Hall–Kier alpha value is -2.02. The van der Waals surface area contributed by atoms with Crippen LogP contribution in [0.15, 0.2) is 65.7 Å². The smallest absolute Gasteiger partial charge is 0.268 e. The number of aromatic nitrogens is 1. The van der Waals surface area contributed by atoms with Crippen molar-refractivity contribution in [3.8, 4) is 0 Å². The lowest BCUT2D eigenvalue weighted by molar-refractivity contribution is 0.360. The van der Waals surface area contributed by atoms with E-state index in [4.69, 9.17) is 0 Å². The van der Waals surface area contributed by atoms with E-state index in [1.165, 1.54) is 3.97 Å². The first-order valence-electron chi connectivity index (χ1n) is 8.91. The SMILES string of the molecule is CN1CCCN(c2cccc3c2ccn3S(=O)(=O)c2ccccc2)CC1.Cl. The number of rotatable bonds is 3. The van der Waals surface area contributed by atoms with E-state index in [9.17, 15) is 8.42 Å². The van der Waals surface area contributed by atoms with Crippen LogP contribution in [-0.4, -0.2) is 50.5 Å². The van der Waals surface area contributed by atoms with Crippen molar-refractivity contribution < 1.29 is 8.42 Å². The van der Waals surface area contributed by atoms with E-state index >= 15 is 0 Å². The number of anilines is 1. The summed E-state index contributed by atoms with van der Waals surface area (Å²) >= 11 is 0. The summed E-state index contributed by atoms with van der Waals surface area (Å²) in [5.41, 5.74) is 1.84. The Morgan fingerprint density at radius 2 is 1.63 bits per heavy atom. The first-order chi connectivity index (χ1) is 12.6. The number of hydrogen-bond acceptors (Lipinski definition) is 4. The van der Waals surface area contributed by atoms with E-state index in [1.807, 2.05) is 24.3 Å². The third-order valence-electron chi connectivity index (χ3n) is 5.03. The van der Waals surface area contributed by atoms with Crippen LogP contribution in [0, 0.1) is 0 Å². The Balaban J connectivity index is 0.00000210. The summed E-state index contributed by atoms with van der Waals surface area (Å²) in [6.07, 6.45) is 2.77. The van der Waals surface area contributed by atoms with Gasteiger partial charge >= 0.3 is 0 Å². The average Bonchev–Trinajstić information content (AvgIpc) is 2.99. The van der Waals surface area contributed by atoms with Gasteiger partial charge in [0.15, 0.2) is 0 Å². The largest absolute Gasteiger partial charge is 0.370 e. The highest BCUT2D eigenvalue weighted by Gasteiger charge is 2.21. The predicted molar refractivity (Wildman–Crippen MR) is 113 cm³/mol. The highest BCUT2D eigenvalue weighted by Crippen LogP contribution is 2.30. The lowest BCUT2D eigenvalue weighted by atomic mass is 10.2. The summed E-state index contributed by atoms with van der Waals surface area (Å²) in [7, 11) is -1.45. The second-order valence-electron chi connectivity index (χ2n) is 6.78. The van der Waals surface area contributed by atoms with E-state index in [0.29, 0.717) is 4.90 Å². The fraction of sp³-hybridized carbons (Fsp3) is 0.300. The predicted octanol–water partition coefficient (Wildman–Crippen LogP) is 3.44. The van der Waals surface area contributed by atoms with E-state index < -0.39 is 10.0 Å². The van der Waals surface area contributed by atoms with E-state index in [2.05, 4.69) is 22.9 Å². The zero-order valence-electron chi connectivity index (χ0n) is 15.3. The summed E-state index contributed by atoms with van der Waals surface area (Å²) in [6, 6.07) is 16.4. The van der Waals surface area contributed by atoms with Crippen LogP contribution in [0.4, 0.5) is 5.69 Å². The standard InChI is InChI=1S/C20H23N3O2S.ClH/c1-21-12-6-13-22(16-15-21)19-9-5-10-20-18(19)11-14-23(20)26(24,25)17-7-3-2-4-8-17;/h2-5,7-11,14H,6,12-13,15-16H2,1H3;1H. The molecule has 0 bridgehead atoms. The molecule has 2 aromatic carbocycles. The molecule has 7 heteroatoms. The summed E-state index contributed by atoms with van der Waals surface area (Å²) in [6.45, 7) is 4.04. The topological polar surface area (TPSA) is 45.5 Å². The maximum Gasteiger partial charge on any atom is 0.268 e. The van der Waals surface area contributed by atoms with Crippen LogP contribution >= 0.6 is 12.4 Å². The van der Waals surface area contributed by atoms with Crippen molar-refractivity contribution in [1.82, 2.24) is 8.87 Å². The highest BCUT2D eigenvalue weighted by molar-refractivity contribution is 7.90. The van der Waals surface area contributed by atoms with Gasteiger partial charge in [-0.25, -0.2) is 12.4 Å². The first kappa shape index (κ1) is 19.7. The molecule has 1 aromatic heterocycles. The van der Waals surface area contributed by atoms with Crippen LogP contribution in [0.1, 0.15) is 6.42 Å². The molecular formula is C20H24ClN3O2S. The Kier molecular flexibility index (Phi) is 5.79. The molecule has 0 unspecified atom stereocenters. The molecule has 0 atom stereocenters. The van der Waals surface area contributed by atoms with E-state index in [1.54, 1.807) is 30.5 Å². The quantitative estimate of drug-likeness (QED) is 0.669. The zero-order valence-corrected chi connectivity index (χ0v) is 16.9. The van der Waals surface area contributed by atoms with Crippen molar-refractivity contribution in [2.75, 3.05) is 38.1 Å². The van der Waals surface area contributed by atoms with Gasteiger partial charge in [-0.1, -0.05) is 24.3 Å². The Labute approximate surface area is 166 Å². The molecule has 2 heterocycles. The average molecular weight is 406 g/mol. The molecule has 0 radical (unpaired) electrons.